The summed E-state index contributed by atoms with van der Waals surface area (Å²) < 4.78 is 28.3. The number of aromatic nitrogens is 2. The van der Waals surface area contributed by atoms with Crippen LogP contribution in [0.1, 0.15) is 27.7 Å². The SMILES string of the molecule is CC(C(=O)O)S(=O)(=O)NC(Cn1ccnc1)C(C)(C)C. The molecule has 0 bridgehead atoms. The molecule has 2 N–H and O–H groups in total. The van der Waals surface area contributed by atoms with Gasteiger partial charge in [-0.05, 0) is 12.3 Å². The van der Waals surface area contributed by atoms with Crippen LogP contribution in [-0.2, 0) is 21.4 Å². The molecule has 0 spiro atoms. The molecule has 20 heavy (non-hydrogen) atoms. The smallest absolute Gasteiger partial charge is 0.323 e. The zero-order chi connectivity index (χ0) is 15.6. The average molecular weight is 303 g/mol. The largest absolute Gasteiger partial charge is 0.480 e. The van der Waals surface area contributed by atoms with Gasteiger partial charge in [0.2, 0.25) is 10.0 Å². The van der Waals surface area contributed by atoms with Crippen molar-refractivity contribution in [2.75, 3.05) is 0 Å². The van der Waals surface area contributed by atoms with Crippen molar-refractivity contribution >= 4 is 16.0 Å². The first-order valence-electron chi connectivity index (χ1n) is 6.23. The molecule has 114 valence electrons. The van der Waals surface area contributed by atoms with E-state index in [2.05, 4.69) is 9.71 Å². The van der Waals surface area contributed by atoms with Gasteiger partial charge in [0, 0.05) is 25.0 Å². The lowest BCUT2D eigenvalue weighted by Gasteiger charge is -2.32. The van der Waals surface area contributed by atoms with Gasteiger partial charge in [-0.2, -0.15) is 0 Å². The highest BCUT2D eigenvalue weighted by Crippen LogP contribution is 2.22. The molecule has 0 aliphatic rings. The third-order valence-corrected chi connectivity index (χ3v) is 4.86. The zero-order valence-electron chi connectivity index (χ0n) is 12.1. The van der Waals surface area contributed by atoms with Crippen LogP contribution >= 0.6 is 0 Å². The van der Waals surface area contributed by atoms with Gasteiger partial charge < -0.3 is 9.67 Å². The predicted molar refractivity (Wildman–Crippen MR) is 74.6 cm³/mol. The highest BCUT2D eigenvalue weighted by Gasteiger charge is 2.34. The van der Waals surface area contributed by atoms with Gasteiger partial charge in [0.15, 0.2) is 5.25 Å². The van der Waals surface area contributed by atoms with E-state index in [1.165, 1.54) is 0 Å². The fourth-order valence-electron chi connectivity index (χ4n) is 1.53. The maximum absolute atomic E-state index is 12.0. The molecule has 8 heteroatoms. The van der Waals surface area contributed by atoms with Crippen LogP contribution in [0, 0.1) is 5.41 Å². The summed E-state index contributed by atoms with van der Waals surface area (Å²) in [7, 11) is -3.93. The predicted octanol–water partition coefficient (Wildman–Crippen LogP) is 0.690. The summed E-state index contributed by atoms with van der Waals surface area (Å²) >= 11 is 0. The van der Waals surface area contributed by atoms with Crippen LogP contribution in [0.5, 0.6) is 0 Å². The summed E-state index contributed by atoms with van der Waals surface area (Å²) in [5.74, 6) is -1.37. The Morgan fingerprint density at radius 3 is 2.45 bits per heavy atom. The fourth-order valence-corrected chi connectivity index (χ4v) is 2.82. The lowest BCUT2D eigenvalue weighted by atomic mass is 9.87. The van der Waals surface area contributed by atoms with Gasteiger partial charge in [0.25, 0.3) is 0 Å². The summed E-state index contributed by atoms with van der Waals surface area (Å²) in [6.45, 7) is 7.21. The van der Waals surface area contributed by atoms with Crippen molar-refractivity contribution in [2.24, 2.45) is 5.41 Å². The van der Waals surface area contributed by atoms with Crippen molar-refractivity contribution in [1.29, 1.82) is 0 Å². The van der Waals surface area contributed by atoms with E-state index in [-0.39, 0.29) is 5.41 Å². The highest BCUT2D eigenvalue weighted by molar-refractivity contribution is 7.90. The Morgan fingerprint density at radius 2 is 2.05 bits per heavy atom. The number of carbonyl (C=O) groups is 1. The number of nitrogens with one attached hydrogen (secondary N) is 1. The molecule has 2 unspecified atom stereocenters. The zero-order valence-corrected chi connectivity index (χ0v) is 12.9. The summed E-state index contributed by atoms with van der Waals surface area (Å²) in [5, 5.41) is 7.37. The van der Waals surface area contributed by atoms with Gasteiger partial charge in [-0.15, -0.1) is 0 Å². The van der Waals surface area contributed by atoms with Crippen LogP contribution in [0.3, 0.4) is 0 Å². The Bertz CT molecular complexity index is 546. The standard InChI is InChI=1S/C12H21N3O4S/c1-9(11(16)17)20(18,19)14-10(12(2,3)4)7-15-6-5-13-8-15/h5-6,8-10,14H,7H2,1-4H3,(H,16,17). The Labute approximate surface area is 119 Å². The molecule has 0 saturated carbocycles. The minimum absolute atomic E-state index is 0.366. The molecule has 2 atom stereocenters. The fraction of sp³-hybridized carbons (Fsp3) is 0.667. The molecular weight excluding hydrogens is 282 g/mol. The molecule has 0 radical (unpaired) electrons. The summed E-state index contributed by atoms with van der Waals surface area (Å²) in [5.41, 5.74) is -0.366. The number of imidazole rings is 1. The number of sulfonamides is 1. The third-order valence-electron chi connectivity index (χ3n) is 3.12. The van der Waals surface area contributed by atoms with Crippen LogP contribution < -0.4 is 4.72 Å². The number of carboxylic acids is 1. The van der Waals surface area contributed by atoms with E-state index in [0.29, 0.717) is 6.54 Å². The topological polar surface area (TPSA) is 101 Å². The summed E-state index contributed by atoms with van der Waals surface area (Å²) in [6, 6.07) is -0.441. The maximum atomic E-state index is 12.0. The molecule has 7 nitrogen and oxygen atoms in total. The normalized spacial score (nSPS) is 15.8. The van der Waals surface area contributed by atoms with Crippen LogP contribution in [0.4, 0.5) is 0 Å². The first kappa shape index (κ1) is 16.6. The van der Waals surface area contributed by atoms with Gasteiger partial charge in [-0.1, -0.05) is 20.8 Å². The first-order valence-corrected chi connectivity index (χ1v) is 7.78. The summed E-state index contributed by atoms with van der Waals surface area (Å²) in [4.78, 5) is 14.8. The van der Waals surface area contributed by atoms with E-state index in [1.54, 1.807) is 23.3 Å². The number of carboxylic acid groups (broad SMARTS) is 1. The first-order chi connectivity index (χ1) is 9.04. The van der Waals surface area contributed by atoms with Crippen molar-refractivity contribution in [3.05, 3.63) is 18.7 Å². The lowest BCUT2D eigenvalue weighted by Crippen LogP contribution is -2.50. The maximum Gasteiger partial charge on any atom is 0.323 e. The molecule has 0 saturated heterocycles. The van der Waals surface area contributed by atoms with E-state index in [9.17, 15) is 13.2 Å². The third kappa shape index (κ3) is 4.31. The van der Waals surface area contributed by atoms with Crippen molar-refractivity contribution < 1.29 is 18.3 Å². The molecule has 1 rings (SSSR count). The van der Waals surface area contributed by atoms with Crippen LogP contribution in [0.15, 0.2) is 18.7 Å². The molecule has 0 aliphatic heterocycles. The number of hydrogen-bond acceptors (Lipinski definition) is 4. The molecule has 0 aliphatic carbocycles. The number of hydrogen-bond donors (Lipinski definition) is 2. The van der Waals surface area contributed by atoms with Crippen molar-refractivity contribution in [1.82, 2.24) is 14.3 Å². The second-order valence-corrected chi connectivity index (χ2v) is 7.85. The Hall–Kier alpha value is -1.41. The van der Waals surface area contributed by atoms with Gasteiger partial charge in [-0.3, -0.25) is 4.79 Å². The van der Waals surface area contributed by atoms with E-state index in [0.717, 1.165) is 6.92 Å². The summed E-state index contributed by atoms with van der Waals surface area (Å²) in [6.07, 6.45) is 4.93. The monoisotopic (exact) mass is 303 g/mol. The van der Waals surface area contributed by atoms with Crippen molar-refractivity contribution in [3.63, 3.8) is 0 Å². The molecule has 0 aromatic carbocycles. The number of aliphatic carboxylic acids is 1. The van der Waals surface area contributed by atoms with E-state index in [1.807, 2.05) is 20.8 Å². The second kappa shape index (κ2) is 5.92. The minimum Gasteiger partial charge on any atom is -0.480 e. The van der Waals surface area contributed by atoms with Crippen LogP contribution in [0.2, 0.25) is 0 Å². The van der Waals surface area contributed by atoms with Crippen LogP contribution in [0.25, 0.3) is 0 Å². The molecule has 1 aromatic heterocycles. The molecule has 1 aromatic rings. The van der Waals surface area contributed by atoms with Gasteiger partial charge >= 0.3 is 5.97 Å². The quantitative estimate of drug-likeness (QED) is 0.805. The highest BCUT2D eigenvalue weighted by atomic mass is 32.2. The lowest BCUT2D eigenvalue weighted by molar-refractivity contribution is -0.136. The van der Waals surface area contributed by atoms with E-state index < -0.39 is 27.3 Å². The average Bonchev–Trinajstić information content (AvgIpc) is 2.78. The van der Waals surface area contributed by atoms with E-state index in [4.69, 9.17) is 5.11 Å². The number of rotatable bonds is 6. The van der Waals surface area contributed by atoms with Crippen LogP contribution in [-0.4, -0.2) is 40.3 Å². The number of nitrogens with zero attached hydrogens (tertiary/aromatic N) is 2. The van der Waals surface area contributed by atoms with Crippen molar-refractivity contribution in [2.45, 2.75) is 45.5 Å². The Morgan fingerprint density at radius 1 is 1.45 bits per heavy atom. The minimum atomic E-state index is -3.93. The van der Waals surface area contributed by atoms with Gasteiger partial charge in [0.1, 0.15) is 0 Å². The van der Waals surface area contributed by atoms with Gasteiger partial charge in [0.05, 0.1) is 6.33 Å². The molecule has 0 amide bonds. The van der Waals surface area contributed by atoms with Crippen molar-refractivity contribution in [3.8, 4) is 0 Å². The second-order valence-electron chi connectivity index (χ2n) is 5.82. The Kier molecular flexibility index (Phi) is 4.93. The molecular formula is C12H21N3O4S. The molecule has 0 fully saturated rings. The van der Waals surface area contributed by atoms with E-state index >= 15 is 0 Å². The molecule has 1 heterocycles. The van der Waals surface area contributed by atoms with Gasteiger partial charge in [-0.25, -0.2) is 18.1 Å². The Balaban J connectivity index is 2.94.